The number of carboxylic acids is 1. The summed E-state index contributed by atoms with van der Waals surface area (Å²) >= 11 is 3.04. The summed E-state index contributed by atoms with van der Waals surface area (Å²) in [6.45, 7) is 0. The molecule has 0 aliphatic rings. The Balaban J connectivity index is 1.79. The first-order valence-electron chi connectivity index (χ1n) is 9.67. The first-order valence-corrected chi connectivity index (χ1v) is 11.9. The summed E-state index contributed by atoms with van der Waals surface area (Å²) in [6.07, 6.45) is -4.11. The summed E-state index contributed by atoms with van der Waals surface area (Å²) in [5.41, 5.74) is -0.769. The first kappa shape index (κ1) is 23.8. The van der Waals surface area contributed by atoms with E-state index in [0.717, 1.165) is 0 Å². The van der Waals surface area contributed by atoms with E-state index in [1.54, 1.807) is 18.2 Å². The lowest BCUT2D eigenvalue weighted by atomic mass is 10.1. The van der Waals surface area contributed by atoms with Crippen LogP contribution in [0.2, 0.25) is 0 Å². The molecule has 4 aromatic rings. The number of hydrogen-bond acceptors (Lipinski definition) is 4. The van der Waals surface area contributed by atoms with Crippen LogP contribution in [0.4, 0.5) is 13.2 Å². The molecule has 0 bridgehead atoms. The molecule has 3 aromatic carbocycles. The Kier molecular flexibility index (Phi) is 6.17. The van der Waals surface area contributed by atoms with Gasteiger partial charge in [-0.3, -0.25) is 4.79 Å². The van der Waals surface area contributed by atoms with Crippen LogP contribution in [0.1, 0.15) is 11.1 Å². The molecule has 0 fully saturated rings. The highest BCUT2D eigenvalue weighted by Crippen LogP contribution is 2.44. The summed E-state index contributed by atoms with van der Waals surface area (Å²) in [5, 5.41) is 9.17. The van der Waals surface area contributed by atoms with Gasteiger partial charge in [-0.25, -0.2) is 8.42 Å². The van der Waals surface area contributed by atoms with Crippen molar-refractivity contribution in [1.82, 2.24) is 4.98 Å². The van der Waals surface area contributed by atoms with Crippen molar-refractivity contribution in [2.45, 2.75) is 22.4 Å². The summed E-state index contributed by atoms with van der Waals surface area (Å²) < 4.78 is 72.8. The average molecular weight is 554 g/mol. The van der Waals surface area contributed by atoms with Crippen LogP contribution >= 0.6 is 15.9 Å². The number of rotatable bonds is 6. The van der Waals surface area contributed by atoms with Crippen molar-refractivity contribution >= 4 is 42.6 Å². The molecule has 4 rings (SSSR count). The molecule has 6 nitrogen and oxygen atoms in total. The predicted molar refractivity (Wildman–Crippen MR) is 121 cm³/mol. The van der Waals surface area contributed by atoms with E-state index < -0.39 is 39.7 Å². The van der Waals surface area contributed by atoms with Gasteiger partial charge in [-0.15, -0.1) is 0 Å². The van der Waals surface area contributed by atoms with Crippen LogP contribution in [0.5, 0.6) is 11.5 Å². The van der Waals surface area contributed by atoms with Crippen LogP contribution in [-0.4, -0.2) is 24.5 Å². The van der Waals surface area contributed by atoms with Crippen molar-refractivity contribution in [3.05, 3.63) is 82.5 Å². The molecule has 0 saturated heterocycles. The molecule has 0 unspecified atom stereocenters. The molecule has 0 aliphatic heterocycles. The molecule has 1 heterocycles. The van der Waals surface area contributed by atoms with Crippen molar-refractivity contribution in [2.24, 2.45) is 0 Å². The summed E-state index contributed by atoms with van der Waals surface area (Å²) in [5.74, 6) is -1.88. The van der Waals surface area contributed by atoms with Gasteiger partial charge in [0.25, 0.3) is 0 Å². The molecule has 0 spiro atoms. The van der Waals surface area contributed by atoms with Gasteiger partial charge in [0.1, 0.15) is 5.75 Å². The molecule has 176 valence electrons. The van der Waals surface area contributed by atoms with Gasteiger partial charge in [-0.2, -0.15) is 13.2 Å². The van der Waals surface area contributed by atoms with E-state index >= 15 is 0 Å². The molecule has 0 radical (unpaired) electrons. The minimum atomic E-state index is -4.83. The Morgan fingerprint density at radius 2 is 1.76 bits per heavy atom. The number of carboxylic acid groups (broad SMARTS) is 1. The Labute approximate surface area is 200 Å². The van der Waals surface area contributed by atoms with Gasteiger partial charge in [0, 0.05) is 17.1 Å². The number of carbonyl (C=O) groups is 1. The highest BCUT2D eigenvalue weighted by atomic mass is 79.9. The zero-order valence-corrected chi connectivity index (χ0v) is 19.5. The van der Waals surface area contributed by atoms with Crippen molar-refractivity contribution in [1.29, 1.82) is 0 Å². The first-order chi connectivity index (χ1) is 16.0. The number of ether oxygens (including phenoxy) is 1. The Morgan fingerprint density at radius 1 is 1.06 bits per heavy atom. The number of nitrogens with one attached hydrogen (secondary N) is 1. The van der Waals surface area contributed by atoms with Crippen LogP contribution in [0.25, 0.3) is 10.9 Å². The molecular formula is C23H15BrF3NO5S. The second-order valence-electron chi connectivity index (χ2n) is 7.30. The lowest BCUT2D eigenvalue weighted by Crippen LogP contribution is -2.10. The normalized spacial score (nSPS) is 12.1. The summed E-state index contributed by atoms with van der Waals surface area (Å²) in [7, 11) is -3.90. The van der Waals surface area contributed by atoms with Crippen molar-refractivity contribution < 1.29 is 36.2 Å². The monoisotopic (exact) mass is 553 g/mol. The molecule has 11 heteroatoms. The lowest BCUT2D eigenvalue weighted by Gasteiger charge is -2.17. The number of aromatic amines is 1. The quantitative estimate of drug-likeness (QED) is 0.296. The predicted octanol–water partition coefficient (Wildman–Crippen LogP) is 6.20. The van der Waals surface area contributed by atoms with Crippen LogP contribution in [0.15, 0.2) is 81.1 Å². The minimum absolute atomic E-state index is 0.0335. The molecule has 34 heavy (non-hydrogen) atoms. The third kappa shape index (κ3) is 4.66. The van der Waals surface area contributed by atoms with Gasteiger partial charge in [-0.05, 0) is 64.0 Å². The largest absolute Gasteiger partial charge is 0.481 e. The average Bonchev–Trinajstić information content (AvgIpc) is 3.19. The van der Waals surface area contributed by atoms with Gasteiger partial charge in [0.15, 0.2) is 5.75 Å². The second-order valence-corrected chi connectivity index (χ2v) is 10.1. The number of hydrogen-bond donors (Lipinski definition) is 2. The molecule has 2 N–H and O–H groups in total. The number of sulfone groups is 1. The Hall–Kier alpha value is -3.31. The van der Waals surface area contributed by atoms with E-state index in [9.17, 15) is 26.4 Å². The standard InChI is InChI=1S/C23H15BrF3NO5S/c24-18-9-13(10-21(29)30)8-17(23(25,26)27)22(18)33-14-6-7-19-16(11-14)20(12-28-19)34(31,32)15-4-2-1-3-5-15/h1-9,11-12,28H,10H2,(H,29,30). The fourth-order valence-corrected chi connectivity index (χ4v) is 5.48. The Morgan fingerprint density at radius 3 is 2.41 bits per heavy atom. The second kappa shape index (κ2) is 8.80. The maximum Gasteiger partial charge on any atom is 0.420 e. The van der Waals surface area contributed by atoms with Crippen LogP contribution in [0, 0.1) is 0 Å². The van der Waals surface area contributed by atoms with Crippen LogP contribution in [0.3, 0.4) is 0 Å². The third-order valence-electron chi connectivity index (χ3n) is 4.94. The number of H-pyrrole nitrogens is 1. The molecular weight excluding hydrogens is 539 g/mol. The lowest BCUT2D eigenvalue weighted by molar-refractivity contribution is -0.139. The van der Waals surface area contributed by atoms with E-state index in [0.29, 0.717) is 11.6 Å². The number of aliphatic carboxylic acids is 1. The zero-order valence-electron chi connectivity index (χ0n) is 17.1. The van der Waals surface area contributed by atoms with Crippen molar-refractivity contribution in [2.75, 3.05) is 0 Å². The van der Waals surface area contributed by atoms with Crippen molar-refractivity contribution in [3.8, 4) is 11.5 Å². The highest BCUT2D eigenvalue weighted by molar-refractivity contribution is 9.10. The van der Waals surface area contributed by atoms with E-state index in [1.807, 2.05) is 0 Å². The summed E-state index contributed by atoms with van der Waals surface area (Å²) in [4.78, 5) is 13.8. The zero-order chi connectivity index (χ0) is 24.7. The molecule has 0 atom stereocenters. The molecule has 0 saturated carbocycles. The van der Waals surface area contributed by atoms with E-state index in [-0.39, 0.29) is 31.0 Å². The van der Waals surface area contributed by atoms with E-state index in [2.05, 4.69) is 20.9 Å². The molecule has 0 amide bonds. The number of benzene rings is 3. The van der Waals surface area contributed by atoms with Crippen LogP contribution in [-0.2, 0) is 27.2 Å². The minimum Gasteiger partial charge on any atom is -0.481 e. The maximum absolute atomic E-state index is 13.7. The van der Waals surface area contributed by atoms with E-state index in [4.69, 9.17) is 9.84 Å². The van der Waals surface area contributed by atoms with Gasteiger partial charge in [0.2, 0.25) is 9.84 Å². The topological polar surface area (TPSA) is 96.5 Å². The van der Waals surface area contributed by atoms with Crippen molar-refractivity contribution in [3.63, 3.8) is 0 Å². The third-order valence-corrected chi connectivity index (χ3v) is 7.34. The fourth-order valence-electron chi connectivity index (χ4n) is 3.44. The number of halogens is 4. The molecule has 1 aromatic heterocycles. The fraction of sp³-hybridized carbons (Fsp3) is 0.0870. The SMILES string of the molecule is O=C(O)Cc1cc(Br)c(Oc2ccc3[nH]cc(S(=O)(=O)c4ccccc4)c3c2)c(C(F)(F)F)c1. The molecule has 0 aliphatic carbocycles. The van der Waals surface area contributed by atoms with Gasteiger partial charge < -0.3 is 14.8 Å². The number of aromatic nitrogens is 1. The van der Waals surface area contributed by atoms with Gasteiger partial charge >= 0.3 is 12.1 Å². The number of alkyl halides is 3. The Bertz CT molecular complexity index is 1500. The smallest absolute Gasteiger partial charge is 0.420 e. The van der Waals surface area contributed by atoms with Gasteiger partial charge in [0.05, 0.1) is 26.2 Å². The maximum atomic E-state index is 13.7. The van der Waals surface area contributed by atoms with E-state index in [1.165, 1.54) is 42.6 Å². The highest BCUT2D eigenvalue weighted by Gasteiger charge is 2.36. The van der Waals surface area contributed by atoms with Gasteiger partial charge in [-0.1, -0.05) is 18.2 Å². The van der Waals surface area contributed by atoms with Crippen LogP contribution < -0.4 is 4.74 Å². The number of fused-ring (bicyclic) bond motifs is 1. The summed E-state index contributed by atoms with van der Waals surface area (Å²) in [6, 6.07) is 13.9.